The quantitative estimate of drug-likeness (QED) is 0.0924. The molecule has 5 atom stereocenters. The molecule has 0 spiro atoms. The number of carbonyl (C=O) groups excluding carboxylic acids is 1. The Morgan fingerprint density at radius 2 is 1.34 bits per heavy atom. The number of thiol groups is 1. The molecule has 3 aromatic rings. The van der Waals surface area contributed by atoms with Crippen molar-refractivity contribution >= 4 is 71.3 Å². The Bertz CT molecular complexity index is 1510. The zero-order chi connectivity index (χ0) is 36.7. The van der Waals surface area contributed by atoms with E-state index in [-0.39, 0.29) is 0 Å². The molecule has 2 aromatic heterocycles. The van der Waals surface area contributed by atoms with Crippen LogP contribution in [0.4, 0.5) is 10.6 Å². The fourth-order valence-electron chi connectivity index (χ4n) is 7.59. The summed E-state index contributed by atoms with van der Waals surface area (Å²) in [6, 6.07) is 18.9. The van der Waals surface area contributed by atoms with Gasteiger partial charge < -0.3 is 27.9 Å². The molecule has 0 bridgehead atoms. The number of halogens is 1. The molecular formula is C36H59ClN4O5SSi3. The molecule has 50 heavy (non-hydrogen) atoms. The van der Waals surface area contributed by atoms with E-state index in [0.29, 0.717) is 21.9 Å². The van der Waals surface area contributed by atoms with Crippen molar-refractivity contribution in [2.75, 3.05) is 5.32 Å². The summed E-state index contributed by atoms with van der Waals surface area (Å²) in [4.78, 5) is 21.0. The van der Waals surface area contributed by atoms with Crippen molar-refractivity contribution in [1.29, 1.82) is 0 Å². The maximum atomic E-state index is 12.0. The van der Waals surface area contributed by atoms with Gasteiger partial charge in [-0.05, 0) is 78.2 Å². The number of anilines is 1. The molecule has 1 aliphatic rings. The number of hydrogen-bond donors (Lipinski definition) is 2. The van der Waals surface area contributed by atoms with Crippen LogP contribution in [-0.2, 0) is 18.0 Å². The van der Waals surface area contributed by atoms with Crippen molar-refractivity contribution in [3.05, 3.63) is 53.4 Å². The zero-order valence-electron chi connectivity index (χ0n) is 31.5. The van der Waals surface area contributed by atoms with Gasteiger partial charge in [0, 0.05) is 11.2 Å². The van der Waals surface area contributed by atoms with Crippen LogP contribution in [-0.4, -0.2) is 63.0 Å². The van der Waals surface area contributed by atoms with Crippen LogP contribution in [0.15, 0.2) is 42.9 Å². The number of aromatic nitrogens is 3. The maximum absolute atomic E-state index is 12.0. The number of amides is 1. The average Bonchev–Trinajstić information content (AvgIpc) is 3.72. The fourth-order valence-corrected chi connectivity index (χ4v) is 16.3. The van der Waals surface area contributed by atoms with Crippen LogP contribution in [0.1, 0.15) is 80.2 Å². The molecule has 1 unspecified atom stereocenters. The van der Waals surface area contributed by atoms with Crippen molar-refractivity contribution in [3.63, 3.8) is 0 Å². The number of benzene rings is 1. The third kappa shape index (κ3) is 8.63. The molecule has 0 saturated carbocycles. The van der Waals surface area contributed by atoms with Crippen LogP contribution < -0.4 is 5.32 Å². The molecule has 3 heterocycles. The summed E-state index contributed by atoms with van der Waals surface area (Å²) in [6.07, 6.45) is 1.19. The molecule has 1 aliphatic heterocycles. The Hall–Kier alpha value is -1.56. The monoisotopic (exact) mass is 778 g/mol. The first kappa shape index (κ1) is 41.2. The van der Waals surface area contributed by atoms with E-state index < -0.39 is 60.8 Å². The van der Waals surface area contributed by atoms with Crippen LogP contribution in [0.25, 0.3) is 11.0 Å². The molecule has 1 fully saturated rings. The van der Waals surface area contributed by atoms with E-state index in [1.165, 1.54) is 6.33 Å². The van der Waals surface area contributed by atoms with Gasteiger partial charge in [0.2, 0.25) is 0 Å². The molecule has 14 heteroatoms. The second-order valence-electron chi connectivity index (χ2n) is 13.6. The first-order valence-corrected chi connectivity index (χ1v) is 27.1. The van der Waals surface area contributed by atoms with Crippen LogP contribution in [0, 0.1) is 0 Å². The van der Waals surface area contributed by atoms with Gasteiger partial charge in [-0.3, -0.25) is 4.79 Å². The van der Waals surface area contributed by atoms with Crippen LogP contribution in [0.2, 0.25) is 59.4 Å². The molecule has 278 valence electrons. The number of ether oxygens (including phenoxy) is 1. The van der Waals surface area contributed by atoms with Crippen molar-refractivity contribution in [1.82, 2.24) is 14.5 Å². The summed E-state index contributed by atoms with van der Waals surface area (Å²) < 4.78 is 32.1. The summed E-state index contributed by atoms with van der Waals surface area (Å²) >= 11 is 10.4. The molecular weight excluding hydrogens is 720 g/mol. The zero-order valence-corrected chi connectivity index (χ0v) is 36.2. The predicted octanol–water partition coefficient (Wildman–Crippen LogP) is 11.0. The van der Waals surface area contributed by atoms with Gasteiger partial charge in [-0.2, -0.15) is 0 Å². The summed E-state index contributed by atoms with van der Waals surface area (Å²) in [6.45, 7) is 20.4. The SMILES string of the molecule is CC[Si](CC)(CC)OC(c1ccc(Cl)cc1)[C@H]1O[C@@H](n2ccc3c(NC(=O)S)ncnc32)[C@H](O[Si](CC)(CC)CC)[C@@H]1O[Si](CC)(CC)CC. The van der Waals surface area contributed by atoms with Crippen molar-refractivity contribution in [2.45, 2.75) is 147 Å². The minimum absolute atomic E-state index is 0.392. The largest absolute Gasteiger partial charge is 0.408 e. The highest BCUT2D eigenvalue weighted by molar-refractivity contribution is 7.96. The molecule has 1 N–H and O–H groups in total. The van der Waals surface area contributed by atoms with Crippen LogP contribution in [0.3, 0.4) is 0 Å². The van der Waals surface area contributed by atoms with E-state index in [1.807, 2.05) is 29.0 Å². The number of fused-ring (bicyclic) bond motifs is 1. The van der Waals surface area contributed by atoms with E-state index in [0.717, 1.165) is 60.0 Å². The number of hydrogen-bond acceptors (Lipinski definition) is 7. The van der Waals surface area contributed by atoms with Gasteiger partial charge in [0.05, 0.1) is 11.5 Å². The van der Waals surface area contributed by atoms with Crippen LogP contribution in [0.5, 0.6) is 0 Å². The summed E-state index contributed by atoms with van der Waals surface area (Å²) in [5.74, 6) is 0.398. The lowest BCUT2D eigenvalue weighted by Crippen LogP contribution is -2.53. The molecule has 1 saturated heterocycles. The van der Waals surface area contributed by atoms with E-state index in [1.54, 1.807) is 0 Å². The van der Waals surface area contributed by atoms with Crippen molar-refractivity contribution in [2.24, 2.45) is 0 Å². The van der Waals surface area contributed by atoms with E-state index in [2.05, 4.69) is 97.4 Å². The maximum Gasteiger partial charge on any atom is 0.281 e. The third-order valence-electron chi connectivity index (χ3n) is 11.7. The normalized spacial score (nSPS) is 20.8. The van der Waals surface area contributed by atoms with E-state index >= 15 is 0 Å². The molecule has 1 amide bonds. The van der Waals surface area contributed by atoms with Gasteiger partial charge in [0.25, 0.3) is 5.24 Å². The predicted molar refractivity (Wildman–Crippen MR) is 216 cm³/mol. The Labute approximate surface area is 313 Å². The minimum atomic E-state index is -2.21. The lowest BCUT2D eigenvalue weighted by atomic mass is 9.99. The standard InChI is InChI=1S/C36H59ClN4O5SSi3/c1-10-48(11-2,12-3)44-29(26-19-21-27(37)22-20-26)30-31(45-49(13-4,14-5)15-6)32(46-50(16-7,17-8)18-9)35(43-30)41-24-23-28-33(40-36(42)47)38-25-39-34(28)41/h19-25,29-32,35H,10-18H2,1-9H3,(H2,38,39,40,42,47)/t29?,30-,31-,32-,35-/m1/s1. The summed E-state index contributed by atoms with van der Waals surface area (Å²) in [5.41, 5.74) is 1.67. The minimum Gasteiger partial charge on any atom is -0.408 e. The molecule has 1 aromatic carbocycles. The number of nitrogens with zero attached hydrogens (tertiary/aromatic N) is 3. The Kier molecular flexibility index (Phi) is 14.8. The lowest BCUT2D eigenvalue weighted by molar-refractivity contribution is -0.0780. The molecule has 4 rings (SSSR count). The molecule has 9 nitrogen and oxygen atoms in total. The highest BCUT2D eigenvalue weighted by Gasteiger charge is 2.56. The number of nitrogens with one attached hydrogen (secondary N) is 1. The highest BCUT2D eigenvalue weighted by atomic mass is 35.5. The first-order chi connectivity index (χ1) is 24.0. The Morgan fingerprint density at radius 3 is 1.84 bits per heavy atom. The first-order valence-electron chi connectivity index (χ1n) is 18.7. The van der Waals surface area contributed by atoms with E-state index in [9.17, 15) is 4.79 Å². The average molecular weight is 780 g/mol. The van der Waals surface area contributed by atoms with Gasteiger partial charge in [-0.25, -0.2) is 9.97 Å². The lowest BCUT2D eigenvalue weighted by Gasteiger charge is -2.42. The second kappa shape index (κ2) is 18.0. The number of carbonyl (C=O) groups is 1. The molecule has 0 radical (unpaired) electrons. The van der Waals surface area contributed by atoms with Crippen molar-refractivity contribution < 1.29 is 22.8 Å². The van der Waals surface area contributed by atoms with Gasteiger partial charge in [-0.15, -0.1) is 0 Å². The van der Waals surface area contributed by atoms with Crippen molar-refractivity contribution in [3.8, 4) is 0 Å². The van der Waals surface area contributed by atoms with Gasteiger partial charge >= 0.3 is 0 Å². The van der Waals surface area contributed by atoms with Gasteiger partial charge in [0.15, 0.2) is 31.2 Å². The Balaban J connectivity index is 2.01. The summed E-state index contributed by atoms with van der Waals surface area (Å²) in [5, 5.41) is 3.62. The topological polar surface area (TPSA) is 96.7 Å². The third-order valence-corrected chi connectivity index (χ3v) is 25.9. The molecule has 0 aliphatic carbocycles. The number of rotatable bonds is 19. The van der Waals surface area contributed by atoms with E-state index in [4.69, 9.17) is 34.6 Å². The second-order valence-corrected chi connectivity index (χ2v) is 28.6. The highest BCUT2D eigenvalue weighted by Crippen LogP contribution is 2.47. The van der Waals surface area contributed by atoms with Gasteiger partial charge in [0.1, 0.15) is 36.1 Å². The smallest absolute Gasteiger partial charge is 0.281 e. The Morgan fingerprint density at radius 1 is 0.820 bits per heavy atom. The van der Waals surface area contributed by atoms with Gasteiger partial charge in [-0.1, -0.05) is 98.7 Å². The van der Waals surface area contributed by atoms with Crippen LogP contribution >= 0.6 is 24.2 Å². The fraction of sp³-hybridized carbons (Fsp3) is 0.639. The summed E-state index contributed by atoms with van der Waals surface area (Å²) in [7, 11) is -6.58.